The van der Waals surface area contributed by atoms with Crippen LogP contribution in [0.2, 0.25) is 0 Å². The van der Waals surface area contributed by atoms with Gasteiger partial charge in [0.25, 0.3) is 0 Å². The van der Waals surface area contributed by atoms with E-state index < -0.39 is 6.10 Å². The smallest absolute Gasteiger partial charge is 0.306 e. The Labute approximate surface area is 479 Å². The van der Waals surface area contributed by atoms with Crippen molar-refractivity contribution >= 4 is 11.9 Å². The molecule has 0 aliphatic heterocycles. The van der Waals surface area contributed by atoms with Crippen LogP contribution in [0.3, 0.4) is 0 Å². The summed E-state index contributed by atoms with van der Waals surface area (Å²) in [6, 6.07) is 0. The number of hydrogen-bond donors (Lipinski definition) is 1. The van der Waals surface area contributed by atoms with Crippen molar-refractivity contribution < 1.29 is 24.2 Å². The molecule has 1 atom stereocenters. The van der Waals surface area contributed by atoms with E-state index in [-0.39, 0.29) is 25.2 Å². The summed E-state index contributed by atoms with van der Waals surface area (Å²) in [5.74, 6) is -0.657. The normalized spacial score (nSPS) is 13.6. The molecule has 78 heavy (non-hydrogen) atoms. The Bertz CT molecular complexity index is 1830. The van der Waals surface area contributed by atoms with Crippen molar-refractivity contribution in [3.05, 3.63) is 194 Å². The molecule has 1 N–H and O–H groups in total. The van der Waals surface area contributed by atoms with Gasteiger partial charge in [0.1, 0.15) is 6.61 Å². The molecule has 0 fully saturated rings. The molecule has 0 saturated heterocycles. The largest absolute Gasteiger partial charge is 0.462 e. The van der Waals surface area contributed by atoms with Crippen molar-refractivity contribution in [3.8, 4) is 0 Å². The molecular weight excluding hydrogens is 957 g/mol. The lowest BCUT2D eigenvalue weighted by molar-refractivity contribution is -0.161. The lowest BCUT2D eigenvalue weighted by atomic mass is 10.0. The second-order valence-electron chi connectivity index (χ2n) is 19.7. The molecule has 0 spiro atoms. The fourth-order valence-electron chi connectivity index (χ4n) is 7.82. The summed E-state index contributed by atoms with van der Waals surface area (Å²) in [4.78, 5) is 24.6. The number of carbonyl (C=O) groups excluding carboxylic acids is 2. The van der Waals surface area contributed by atoms with Gasteiger partial charge in [0.15, 0.2) is 6.10 Å². The van der Waals surface area contributed by atoms with Crippen molar-refractivity contribution in [2.24, 2.45) is 0 Å². The highest BCUT2D eigenvalue weighted by Crippen LogP contribution is 2.14. The van der Waals surface area contributed by atoms with E-state index in [0.29, 0.717) is 12.8 Å². The summed E-state index contributed by atoms with van der Waals surface area (Å²) in [6.07, 6.45) is 106. The molecule has 0 aliphatic carbocycles. The van der Waals surface area contributed by atoms with Gasteiger partial charge in [-0.1, -0.05) is 272 Å². The van der Waals surface area contributed by atoms with E-state index in [4.69, 9.17) is 9.47 Å². The maximum atomic E-state index is 12.3. The number of rotatable bonds is 54. The maximum absolute atomic E-state index is 12.3. The second kappa shape index (κ2) is 66.0. The number of unbranched alkanes of at least 4 members (excludes halogenated alkanes) is 14. The van der Waals surface area contributed by atoms with Gasteiger partial charge in [-0.25, -0.2) is 0 Å². The molecule has 0 bridgehead atoms. The molecule has 434 valence electrons. The molecule has 0 aromatic carbocycles. The number of aliphatic hydroxyl groups is 1. The van der Waals surface area contributed by atoms with Crippen LogP contribution in [-0.4, -0.2) is 36.4 Å². The Kier molecular flexibility index (Phi) is 61.6. The molecule has 5 nitrogen and oxygen atoms in total. The van der Waals surface area contributed by atoms with E-state index in [1.807, 2.05) is 0 Å². The molecule has 1 unspecified atom stereocenters. The monoisotopic (exact) mass is 1070 g/mol. The molecule has 0 rings (SSSR count). The van der Waals surface area contributed by atoms with Gasteiger partial charge >= 0.3 is 11.9 Å². The number of esters is 2. The average Bonchev–Trinajstić information content (AvgIpc) is 3.44. The summed E-state index contributed by atoms with van der Waals surface area (Å²) in [7, 11) is 0. The van der Waals surface area contributed by atoms with E-state index >= 15 is 0 Å². The maximum Gasteiger partial charge on any atom is 0.306 e. The standard InChI is InChI=1S/C73H112O5/c1-3-5-7-9-11-13-15-17-19-21-23-25-27-29-31-32-33-34-35-36-37-38-39-40-42-44-46-48-50-52-54-56-58-60-62-64-66-68-73(76)78-71(69-74)70-77-72(75)67-65-63-61-59-57-55-53-51-49-47-45-43-41-30-28-26-24-22-20-18-16-14-12-10-8-6-4-2/h5-8,11-14,17-20,23-26,29-31,33-34,36-37,39-41,45,47,51,53,57,59,71,74H,3-4,9-10,15-16,21-22,27-28,32,35,38,42-44,46,48-50,52,54-56,58,60-70H2,1-2H3/b7-5-,8-6-,13-11-,14-12-,19-17-,20-18-,25-23-,26-24-,31-29-,34-33-,37-36-,40-39-,41-30-,47-45-,53-51-,59-57-. The summed E-state index contributed by atoms with van der Waals surface area (Å²) in [5, 5.41) is 9.67. The molecule has 0 heterocycles. The van der Waals surface area contributed by atoms with Crippen LogP contribution in [0.4, 0.5) is 0 Å². The minimum atomic E-state index is -0.808. The summed E-state index contributed by atoms with van der Waals surface area (Å²) in [6.45, 7) is 3.86. The Morgan fingerprint density at radius 3 is 0.795 bits per heavy atom. The lowest BCUT2D eigenvalue weighted by Gasteiger charge is -2.15. The first-order valence-electron chi connectivity index (χ1n) is 31.0. The molecule has 0 amide bonds. The summed E-state index contributed by atoms with van der Waals surface area (Å²) >= 11 is 0. The third kappa shape index (κ3) is 63.3. The zero-order valence-electron chi connectivity index (χ0n) is 49.6. The number of hydrogen-bond acceptors (Lipinski definition) is 5. The Balaban J connectivity index is 3.64. The first-order chi connectivity index (χ1) is 38.6. The Hall–Kier alpha value is -5.26. The third-order valence-corrected chi connectivity index (χ3v) is 12.4. The predicted octanol–water partition coefficient (Wildman–Crippen LogP) is 21.6. The van der Waals surface area contributed by atoms with Crippen LogP contribution in [0, 0.1) is 0 Å². The Morgan fingerprint density at radius 2 is 0.513 bits per heavy atom. The van der Waals surface area contributed by atoms with Gasteiger partial charge in [0.05, 0.1) is 6.61 Å². The minimum Gasteiger partial charge on any atom is -0.462 e. The van der Waals surface area contributed by atoms with Crippen LogP contribution in [0.15, 0.2) is 194 Å². The SMILES string of the molecule is CC/C=C\C/C=C\C/C=C\C/C=C\C/C=C\C/C=C\C/C=C\C/C=C\CCCCCCCCCCCCCCC(=O)OC(CO)COC(=O)CCCC/C=C\C/C=C\C/C=C\C/C=C\C/C=C\C/C=C\C/C=C\C/C=C\CC. The van der Waals surface area contributed by atoms with E-state index in [9.17, 15) is 14.7 Å². The number of ether oxygens (including phenoxy) is 2. The quantitative estimate of drug-likeness (QED) is 0.0373. The van der Waals surface area contributed by atoms with Gasteiger partial charge in [-0.3, -0.25) is 9.59 Å². The molecule has 0 aliphatic rings. The van der Waals surface area contributed by atoms with Gasteiger partial charge < -0.3 is 14.6 Å². The lowest BCUT2D eigenvalue weighted by Crippen LogP contribution is -2.28. The molecule has 0 saturated carbocycles. The zero-order valence-corrected chi connectivity index (χ0v) is 49.6. The number of carbonyl (C=O) groups is 2. The van der Waals surface area contributed by atoms with Crippen molar-refractivity contribution in [2.75, 3.05) is 13.2 Å². The number of allylic oxidation sites excluding steroid dienone is 32. The Morgan fingerprint density at radius 1 is 0.295 bits per heavy atom. The minimum absolute atomic E-state index is 0.102. The highest BCUT2D eigenvalue weighted by atomic mass is 16.6. The summed E-state index contributed by atoms with van der Waals surface area (Å²) < 4.78 is 10.7. The molecule has 0 aromatic rings. The van der Waals surface area contributed by atoms with E-state index in [0.717, 1.165) is 141 Å². The van der Waals surface area contributed by atoms with Gasteiger partial charge in [-0.2, -0.15) is 0 Å². The van der Waals surface area contributed by atoms with Crippen molar-refractivity contribution in [1.82, 2.24) is 0 Å². The highest BCUT2D eigenvalue weighted by molar-refractivity contribution is 5.70. The van der Waals surface area contributed by atoms with Gasteiger partial charge in [0, 0.05) is 12.8 Å². The topological polar surface area (TPSA) is 72.8 Å². The van der Waals surface area contributed by atoms with Crippen LogP contribution in [0.25, 0.3) is 0 Å². The predicted molar refractivity (Wildman–Crippen MR) is 342 cm³/mol. The van der Waals surface area contributed by atoms with Crippen LogP contribution in [-0.2, 0) is 19.1 Å². The van der Waals surface area contributed by atoms with E-state index in [1.165, 1.54) is 64.2 Å². The highest BCUT2D eigenvalue weighted by Gasteiger charge is 2.16. The van der Waals surface area contributed by atoms with Crippen LogP contribution in [0.1, 0.15) is 232 Å². The van der Waals surface area contributed by atoms with Crippen LogP contribution in [0.5, 0.6) is 0 Å². The van der Waals surface area contributed by atoms with E-state index in [1.54, 1.807) is 0 Å². The van der Waals surface area contributed by atoms with Crippen LogP contribution >= 0.6 is 0 Å². The molecule has 0 radical (unpaired) electrons. The summed E-state index contributed by atoms with van der Waals surface area (Å²) in [5.41, 5.74) is 0. The molecular formula is C73H112O5. The van der Waals surface area contributed by atoms with Crippen LogP contribution < -0.4 is 0 Å². The van der Waals surface area contributed by atoms with Crippen molar-refractivity contribution in [3.63, 3.8) is 0 Å². The third-order valence-electron chi connectivity index (χ3n) is 12.4. The van der Waals surface area contributed by atoms with Crippen molar-refractivity contribution in [2.45, 2.75) is 238 Å². The fourth-order valence-corrected chi connectivity index (χ4v) is 7.82. The fraction of sp³-hybridized carbons (Fsp3) is 0.534. The first-order valence-corrected chi connectivity index (χ1v) is 31.0. The van der Waals surface area contributed by atoms with Gasteiger partial charge in [0.2, 0.25) is 0 Å². The van der Waals surface area contributed by atoms with E-state index in [2.05, 4.69) is 208 Å². The van der Waals surface area contributed by atoms with Crippen molar-refractivity contribution in [1.29, 1.82) is 0 Å². The molecule has 5 heteroatoms. The number of aliphatic hydroxyl groups excluding tert-OH is 1. The van der Waals surface area contributed by atoms with Gasteiger partial charge in [-0.05, 0) is 141 Å². The van der Waals surface area contributed by atoms with Gasteiger partial charge in [-0.15, -0.1) is 0 Å². The zero-order chi connectivity index (χ0) is 56.2. The second-order valence-corrected chi connectivity index (χ2v) is 19.7. The first kappa shape index (κ1) is 72.7. The average molecular weight is 1070 g/mol. The molecule has 0 aromatic heterocycles.